The lowest BCUT2D eigenvalue weighted by molar-refractivity contribution is 0.118. The number of rotatable bonds is 5. The van der Waals surface area contributed by atoms with Crippen LogP contribution in [0.25, 0.3) is 0 Å². The van der Waals surface area contributed by atoms with Crippen LogP contribution in [0.15, 0.2) is 30.7 Å². The normalized spacial score (nSPS) is 20.7. The van der Waals surface area contributed by atoms with Gasteiger partial charge < -0.3 is 20.7 Å². The van der Waals surface area contributed by atoms with Gasteiger partial charge >= 0.3 is 0 Å². The number of ether oxygens (including phenoxy) is 1. The number of nitrogens with zero attached hydrogens (tertiary/aromatic N) is 4. The van der Waals surface area contributed by atoms with Gasteiger partial charge in [-0.3, -0.25) is 0 Å². The zero-order valence-corrected chi connectivity index (χ0v) is 13.6. The van der Waals surface area contributed by atoms with E-state index in [0.717, 1.165) is 18.8 Å². The zero-order chi connectivity index (χ0) is 16.2. The molecule has 0 radical (unpaired) electrons. The number of nitrogens with two attached hydrogens (primary N) is 1. The molecule has 0 amide bonds. The zero-order valence-electron chi connectivity index (χ0n) is 12.8. The van der Waals surface area contributed by atoms with Crippen molar-refractivity contribution in [1.82, 2.24) is 15.0 Å². The largest absolute Gasteiger partial charge is 0.384 e. The van der Waals surface area contributed by atoms with Crippen LogP contribution >= 0.6 is 11.6 Å². The Labute approximate surface area is 139 Å². The van der Waals surface area contributed by atoms with E-state index in [0.29, 0.717) is 23.2 Å². The van der Waals surface area contributed by atoms with Crippen molar-refractivity contribution in [3.05, 3.63) is 35.7 Å². The first kappa shape index (κ1) is 15.8. The molecule has 2 aromatic rings. The van der Waals surface area contributed by atoms with Gasteiger partial charge in [-0.1, -0.05) is 11.6 Å². The van der Waals surface area contributed by atoms with Gasteiger partial charge in [0.1, 0.15) is 23.8 Å². The van der Waals surface area contributed by atoms with Crippen molar-refractivity contribution < 1.29 is 4.74 Å². The Bertz CT molecular complexity index is 670. The van der Waals surface area contributed by atoms with Crippen LogP contribution in [0, 0.1) is 0 Å². The second-order valence-electron chi connectivity index (χ2n) is 5.42. The predicted octanol–water partition coefficient (Wildman–Crippen LogP) is 1.81. The van der Waals surface area contributed by atoms with Gasteiger partial charge in [-0.2, -0.15) is 0 Å². The summed E-state index contributed by atoms with van der Waals surface area (Å²) in [7, 11) is 1.72. The number of pyridine rings is 1. The number of aromatic nitrogens is 3. The summed E-state index contributed by atoms with van der Waals surface area (Å²) >= 11 is 6.14. The molecule has 7 nitrogen and oxygen atoms in total. The summed E-state index contributed by atoms with van der Waals surface area (Å²) < 4.78 is 5.51. The molecule has 0 saturated carbocycles. The molecule has 122 valence electrons. The summed E-state index contributed by atoms with van der Waals surface area (Å²) in [5, 5.41) is 3.90. The molecule has 8 heteroatoms. The average molecular weight is 335 g/mol. The number of anilines is 3. The fourth-order valence-corrected chi connectivity index (χ4v) is 2.96. The Morgan fingerprint density at radius 2 is 2.30 bits per heavy atom. The van der Waals surface area contributed by atoms with E-state index in [4.69, 9.17) is 22.1 Å². The minimum atomic E-state index is 0.150. The van der Waals surface area contributed by atoms with E-state index in [2.05, 4.69) is 25.2 Å². The highest BCUT2D eigenvalue weighted by molar-refractivity contribution is 6.32. The van der Waals surface area contributed by atoms with Crippen molar-refractivity contribution in [2.24, 2.45) is 0 Å². The van der Waals surface area contributed by atoms with Crippen LogP contribution in [0.1, 0.15) is 6.42 Å². The molecule has 1 fully saturated rings. The monoisotopic (exact) mass is 334 g/mol. The topological polar surface area (TPSA) is 89.2 Å². The van der Waals surface area contributed by atoms with Crippen LogP contribution in [0.2, 0.25) is 5.02 Å². The number of halogens is 1. The van der Waals surface area contributed by atoms with Crippen molar-refractivity contribution >= 4 is 29.1 Å². The van der Waals surface area contributed by atoms with Crippen molar-refractivity contribution in [3.63, 3.8) is 0 Å². The highest BCUT2D eigenvalue weighted by atomic mass is 35.5. The Morgan fingerprint density at radius 1 is 1.43 bits per heavy atom. The fraction of sp³-hybridized carbons (Fsp3) is 0.400. The Hall–Kier alpha value is -2.12. The fourth-order valence-electron chi connectivity index (χ4n) is 2.77. The van der Waals surface area contributed by atoms with E-state index in [-0.39, 0.29) is 12.1 Å². The van der Waals surface area contributed by atoms with Crippen LogP contribution in [0.3, 0.4) is 0 Å². The standard InChI is InChI=1S/C15H19ClN6O/c1-23-11-5-10(7-19-15-12(16)3-2-4-18-15)22(8-11)14-6-13(17)20-9-21-14/h2-4,6,9-11H,5,7-8H2,1H3,(H,18,19)(H2,17,20,21)/t10-,11-/m1/s1. The summed E-state index contributed by atoms with van der Waals surface area (Å²) in [4.78, 5) is 14.7. The average Bonchev–Trinajstić information content (AvgIpc) is 2.97. The summed E-state index contributed by atoms with van der Waals surface area (Å²) in [5.74, 6) is 1.93. The SMILES string of the molecule is CO[C@@H]1C[C@H](CNc2ncccc2Cl)N(c2cc(N)ncn2)C1. The summed E-state index contributed by atoms with van der Waals surface area (Å²) in [6, 6.07) is 5.60. The summed E-state index contributed by atoms with van der Waals surface area (Å²) in [6.07, 6.45) is 4.23. The van der Waals surface area contributed by atoms with Gasteiger partial charge in [0.25, 0.3) is 0 Å². The van der Waals surface area contributed by atoms with Crippen molar-refractivity contribution in [2.75, 3.05) is 36.1 Å². The van der Waals surface area contributed by atoms with Crippen molar-refractivity contribution in [3.8, 4) is 0 Å². The Morgan fingerprint density at radius 3 is 3.04 bits per heavy atom. The minimum Gasteiger partial charge on any atom is -0.384 e. The molecule has 0 aromatic carbocycles. The number of hydrogen-bond acceptors (Lipinski definition) is 7. The highest BCUT2D eigenvalue weighted by Crippen LogP contribution is 2.27. The molecule has 23 heavy (non-hydrogen) atoms. The van der Waals surface area contributed by atoms with Gasteiger partial charge in [0.05, 0.1) is 17.2 Å². The third-order valence-electron chi connectivity index (χ3n) is 3.94. The third kappa shape index (κ3) is 3.62. The van der Waals surface area contributed by atoms with Crippen LogP contribution in [-0.4, -0.2) is 47.3 Å². The van der Waals surface area contributed by atoms with E-state index in [1.807, 2.05) is 6.07 Å². The van der Waals surface area contributed by atoms with Gasteiger partial charge in [-0.25, -0.2) is 15.0 Å². The maximum absolute atomic E-state index is 6.14. The second kappa shape index (κ2) is 6.97. The summed E-state index contributed by atoms with van der Waals surface area (Å²) in [5.41, 5.74) is 5.77. The Kier molecular flexibility index (Phi) is 4.78. The Balaban J connectivity index is 1.74. The molecule has 1 aliphatic rings. The van der Waals surface area contributed by atoms with Gasteiger partial charge in [0, 0.05) is 32.5 Å². The number of hydrogen-bond donors (Lipinski definition) is 2. The number of nitrogens with one attached hydrogen (secondary N) is 1. The molecule has 0 unspecified atom stereocenters. The molecule has 3 rings (SSSR count). The van der Waals surface area contributed by atoms with Gasteiger partial charge in [-0.05, 0) is 18.6 Å². The quantitative estimate of drug-likeness (QED) is 0.861. The molecule has 0 spiro atoms. The predicted molar refractivity (Wildman–Crippen MR) is 90.7 cm³/mol. The maximum Gasteiger partial charge on any atom is 0.144 e. The minimum absolute atomic E-state index is 0.150. The molecular formula is C15H19ClN6O. The number of nitrogen functional groups attached to an aromatic ring is 1. The molecule has 3 heterocycles. The molecule has 1 saturated heterocycles. The van der Waals surface area contributed by atoms with E-state index in [1.54, 1.807) is 25.4 Å². The first-order valence-electron chi connectivity index (χ1n) is 7.38. The van der Waals surface area contributed by atoms with Crippen LogP contribution < -0.4 is 16.0 Å². The lowest BCUT2D eigenvalue weighted by atomic mass is 10.2. The second-order valence-corrected chi connectivity index (χ2v) is 5.82. The first-order chi connectivity index (χ1) is 11.2. The highest BCUT2D eigenvalue weighted by Gasteiger charge is 2.33. The van der Waals surface area contributed by atoms with E-state index >= 15 is 0 Å². The molecule has 0 bridgehead atoms. The maximum atomic E-state index is 6.14. The molecule has 2 aromatic heterocycles. The van der Waals surface area contributed by atoms with Gasteiger partial charge in [-0.15, -0.1) is 0 Å². The first-order valence-corrected chi connectivity index (χ1v) is 7.76. The van der Waals surface area contributed by atoms with Crippen LogP contribution in [-0.2, 0) is 4.74 Å². The number of methoxy groups -OCH3 is 1. The third-order valence-corrected chi connectivity index (χ3v) is 4.25. The van der Waals surface area contributed by atoms with Crippen molar-refractivity contribution in [1.29, 1.82) is 0 Å². The van der Waals surface area contributed by atoms with Crippen LogP contribution in [0.5, 0.6) is 0 Å². The lowest BCUT2D eigenvalue weighted by Gasteiger charge is -2.25. The molecular weight excluding hydrogens is 316 g/mol. The van der Waals surface area contributed by atoms with E-state index in [1.165, 1.54) is 6.33 Å². The molecule has 1 aliphatic heterocycles. The molecule has 0 aliphatic carbocycles. The summed E-state index contributed by atoms with van der Waals surface area (Å²) in [6.45, 7) is 1.44. The molecule has 3 N–H and O–H groups in total. The smallest absolute Gasteiger partial charge is 0.144 e. The lowest BCUT2D eigenvalue weighted by Crippen LogP contribution is -2.36. The van der Waals surface area contributed by atoms with Crippen LogP contribution in [0.4, 0.5) is 17.5 Å². The van der Waals surface area contributed by atoms with E-state index in [9.17, 15) is 0 Å². The van der Waals surface area contributed by atoms with Crippen molar-refractivity contribution in [2.45, 2.75) is 18.6 Å². The van der Waals surface area contributed by atoms with Gasteiger partial charge in [0.2, 0.25) is 0 Å². The molecule has 2 atom stereocenters. The van der Waals surface area contributed by atoms with E-state index < -0.39 is 0 Å². The van der Waals surface area contributed by atoms with Gasteiger partial charge in [0.15, 0.2) is 0 Å².